The number of benzene rings is 2. The van der Waals surface area contributed by atoms with Gasteiger partial charge in [0.25, 0.3) is 5.91 Å². The summed E-state index contributed by atoms with van der Waals surface area (Å²) < 4.78 is 0. The van der Waals surface area contributed by atoms with Gasteiger partial charge in [0.2, 0.25) is 0 Å². The van der Waals surface area contributed by atoms with E-state index in [1.54, 1.807) is 18.3 Å². The number of phenolic OH excluding ortho intramolecular Hbond substituents is 1. The zero-order valence-electron chi connectivity index (χ0n) is 11.7. The van der Waals surface area contributed by atoms with E-state index < -0.39 is 0 Å². The predicted octanol–water partition coefficient (Wildman–Crippen LogP) is 3.71. The van der Waals surface area contributed by atoms with Crippen LogP contribution in [-0.4, -0.2) is 16.0 Å². The van der Waals surface area contributed by atoms with Crippen LogP contribution in [0.4, 0.5) is 5.82 Å². The summed E-state index contributed by atoms with van der Waals surface area (Å²) in [6, 6.07) is 19.7. The molecule has 3 aromatic rings. The lowest BCUT2D eigenvalue weighted by Gasteiger charge is -2.07. The highest BCUT2D eigenvalue weighted by molar-refractivity contribution is 6.04. The normalized spacial score (nSPS) is 10.2. The third-order valence-electron chi connectivity index (χ3n) is 3.24. The van der Waals surface area contributed by atoms with Crippen molar-refractivity contribution in [1.29, 1.82) is 0 Å². The van der Waals surface area contributed by atoms with Crippen molar-refractivity contribution >= 4 is 11.7 Å². The van der Waals surface area contributed by atoms with Crippen LogP contribution in [0.25, 0.3) is 11.1 Å². The van der Waals surface area contributed by atoms with E-state index in [4.69, 9.17) is 0 Å². The molecule has 0 aliphatic carbocycles. The molecule has 0 radical (unpaired) electrons. The van der Waals surface area contributed by atoms with Gasteiger partial charge in [-0.3, -0.25) is 4.79 Å². The highest BCUT2D eigenvalue weighted by atomic mass is 16.3. The lowest BCUT2D eigenvalue weighted by Crippen LogP contribution is -2.12. The first-order valence-corrected chi connectivity index (χ1v) is 6.84. The van der Waals surface area contributed by atoms with E-state index in [0.29, 0.717) is 11.4 Å². The zero-order valence-corrected chi connectivity index (χ0v) is 11.7. The molecule has 0 atom stereocenters. The molecule has 108 valence electrons. The summed E-state index contributed by atoms with van der Waals surface area (Å²) in [5, 5.41) is 12.0. The average molecular weight is 290 g/mol. The molecule has 0 spiro atoms. The molecule has 4 heteroatoms. The van der Waals surface area contributed by atoms with Crippen molar-refractivity contribution < 1.29 is 9.90 Å². The molecule has 4 nitrogen and oxygen atoms in total. The number of aromatic nitrogens is 1. The monoisotopic (exact) mass is 290 g/mol. The van der Waals surface area contributed by atoms with Crippen LogP contribution in [0.5, 0.6) is 5.75 Å². The second kappa shape index (κ2) is 6.10. The summed E-state index contributed by atoms with van der Waals surface area (Å²) in [5.41, 5.74) is 2.51. The maximum atomic E-state index is 12.1. The van der Waals surface area contributed by atoms with Gasteiger partial charge in [-0.1, -0.05) is 30.3 Å². The van der Waals surface area contributed by atoms with Crippen molar-refractivity contribution in [3.8, 4) is 16.9 Å². The number of hydrogen-bond donors (Lipinski definition) is 2. The van der Waals surface area contributed by atoms with E-state index >= 15 is 0 Å². The molecule has 2 N–H and O–H groups in total. The third kappa shape index (κ3) is 3.12. The summed E-state index contributed by atoms with van der Waals surface area (Å²) in [5.74, 6) is 0.345. The first kappa shape index (κ1) is 13.8. The van der Waals surface area contributed by atoms with Gasteiger partial charge in [-0.15, -0.1) is 0 Å². The smallest absolute Gasteiger partial charge is 0.256 e. The molecule has 22 heavy (non-hydrogen) atoms. The maximum absolute atomic E-state index is 12.1. The molecule has 0 bridgehead atoms. The number of phenols is 1. The topological polar surface area (TPSA) is 62.2 Å². The van der Waals surface area contributed by atoms with Crippen molar-refractivity contribution in [1.82, 2.24) is 4.98 Å². The number of nitrogens with one attached hydrogen (secondary N) is 1. The number of aromatic hydroxyl groups is 1. The largest absolute Gasteiger partial charge is 0.508 e. The third-order valence-corrected chi connectivity index (χ3v) is 3.24. The van der Waals surface area contributed by atoms with E-state index in [0.717, 1.165) is 11.1 Å². The number of hydrogen-bond acceptors (Lipinski definition) is 3. The molecule has 0 fully saturated rings. The number of amides is 1. The van der Waals surface area contributed by atoms with Gasteiger partial charge in [0.15, 0.2) is 0 Å². The number of anilines is 1. The fraction of sp³-hybridized carbons (Fsp3) is 0. The minimum absolute atomic E-state index is 0.126. The van der Waals surface area contributed by atoms with E-state index in [2.05, 4.69) is 10.3 Å². The molecule has 1 heterocycles. The summed E-state index contributed by atoms with van der Waals surface area (Å²) in [7, 11) is 0. The number of rotatable bonds is 3. The van der Waals surface area contributed by atoms with Gasteiger partial charge in [-0.05, 0) is 47.5 Å². The Balaban J connectivity index is 1.81. The van der Waals surface area contributed by atoms with Crippen molar-refractivity contribution in [2.24, 2.45) is 0 Å². The van der Waals surface area contributed by atoms with Crippen LogP contribution in [0, 0.1) is 0 Å². The minimum atomic E-state index is -0.266. The van der Waals surface area contributed by atoms with Crippen LogP contribution >= 0.6 is 0 Å². The van der Waals surface area contributed by atoms with E-state index in [-0.39, 0.29) is 11.7 Å². The van der Waals surface area contributed by atoms with Gasteiger partial charge in [0, 0.05) is 11.8 Å². The fourth-order valence-corrected chi connectivity index (χ4v) is 2.11. The maximum Gasteiger partial charge on any atom is 0.256 e. The van der Waals surface area contributed by atoms with E-state index in [9.17, 15) is 9.90 Å². The minimum Gasteiger partial charge on any atom is -0.508 e. The number of carbonyl (C=O) groups excluding carboxylic acids is 1. The predicted molar refractivity (Wildman–Crippen MR) is 85.7 cm³/mol. The van der Waals surface area contributed by atoms with Gasteiger partial charge in [-0.25, -0.2) is 4.98 Å². The molecule has 1 amide bonds. The highest BCUT2D eigenvalue weighted by Gasteiger charge is 2.07. The Morgan fingerprint density at radius 1 is 0.909 bits per heavy atom. The molecule has 2 aromatic carbocycles. The zero-order chi connectivity index (χ0) is 15.4. The van der Waals surface area contributed by atoms with Crippen LogP contribution in [0.15, 0.2) is 72.9 Å². The Bertz CT molecular complexity index is 784. The molecule has 0 aliphatic heterocycles. The van der Waals surface area contributed by atoms with Crippen LogP contribution in [0.1, 0.15) is 10.4 Å². The number of pyridine rings is 1. The molecule has 3 rings (SSSR count). The molecule has 0 unspecified atom stereocenters. The Hall–Kier alpha value is -3.14. The first-order valence-electron chi connectivity index (χ1n) is 6.84. The van der Waals surface area contributed by atoms with Crippen LogP contribution in [-0.2, 0) is 0 Å². The summed E-state index contributed by atoms with van der Waals surface area (Å²) in [4.78, 5) is 16.3. The molecular weight excluding hydrogens is 276 g/mol. The Kier molecular flexibility index (Phi) is 3.83. The molecule has 0 saturated carbocycles. The van der Waals surface area contributed by atoms with Crippen LogP contribution in [0.2, 0.25) is 0 Å². The first-order chi connectivity index (χ1) is 10.7. The van der Waals surface area contributed by atoms with E-state index in [1.807, 2.05) is 42.5 Å². The Morgan fingerprint density at radius 2 is 1.64 bits per heavy atom. The van der Waals surface area contributed by atoms with Gasteiger partial charge in [-0.2, -0.15) is 0 Å². The van der Waals surface area contributed by atoms with Crippen LogP contribution < -0.4 is 5.32 Å². The van der Waals surface area contributed by atoms with Gasteiger partial charge in [0.05, 0.1) is 0 Å². The van der Waals surface area contributed by atoms with Crippen molar-refractivity contribution in [2.75, 3.05) is 5.32 Å². The number of carbonyl (C=O) groups is 1. The van der Waals surface area contributed by atoms with Gasteiger partial charge in [0.1, 0.15) is 11.6 Å². The molecule has 0 aliphatic rings. The average Bonchev–Trinajstić information content (AvgIpc) is 2.56. The second-order valence-electron chi connectivity index (χ2n) is 4.80. The quantitative estimate of drug-likeness (QED) is 0.773. The standard InChI is InChI=1S/C18H14N2O2/c21-16-8-6-14(7-9-16)18(22)20-17-12-15(10-11-19-17)13-4-2-1-3-5-13/h1-12,21H,(H,19,20,22). The Labute approximate surface area is 128 Å². The lowest BCUT2D eigenvalue weighted by atomic mass is 10.1. The van der Waals surface area contributed by atoms with Crippen molar-refractivity contribution in [3.05, 3.63) is 78.5 Å². The molecule has 1 aromatic heterocycles. The van der Waals surface area contributed by atoms with E-state index in [1.165, 1.54) is 12.1 Å². The van der Waals surface area contributed by atoms with Crippen molar-refractivity contribution in [2.45, 2.75) is 0 Å². The summed E-state index contributed by atoms with van der Waals surface area (Å²) in [6.07, 6.45) is 1.66. The SMILES string of the molecule is O=C(Nc1cc(-c2ccccc2)ccn1)c1ccc(O)cc1. The lowest BCUT2D eigenvalue weighted by molar-refractivity contribution is 0.102. The van der Waals surface area contributed by atoms with Crippen LogP contribution in [0.3, 0.4) is 0 Å². The fourth-order valence-electron chi connectivity index (χ4n) is 2.11. The molecular formula is C18H14N2O2. The highest BCUT2D eigenvalue weighted by Crippen LogP contribution is 2.21. The van der Waals surface area contributed by atoms with Gasteiger partial charge < -0.3 is 10.4 Å². The van der Waals surface area contributed by atoms with Crippen molar-refractivity contribution in [3.63, 3.8) is 0 Å². The van der Waals surface area contributed by atoms with Gasteiger partial charge >= 0.3 is 0 Å². The molecule has 0 saturated heterocycles. The summed E-state index contributed by atoms with van der Waals surface area (Å²) >= 11 is 0. The number of nitrogens with zero attached hydrogens (tertiary/aromatic N) is 1. The summed E-state index contributed by atoms with van der Waals surface area (Å²) in [6.45, 7) is 0. The second-order valence-corrected chi connectivity index (χ2v) is 4.80. The Morgan fingerprint density at radius 3 is 2.36 bits per heavy atom.